The third kappa shape index (κ3) is 2.52. The van der Waals surface area contributed by atoms with Crippen LogP contribution >= 0.6 is 0 Å². The van der Waals surface area contributed by atoms with E-state index < -0.39 is 0 Å². The Balaban J connectivity index is 1.93. The number of benzene rings is 1. The molecule has 2 heterocycles. The first-order chi connectivity index (χ1) is 10.0. The van der Waals surface area contributed by atoms with Gasteiger partial charge in [0, 0.05) is 11.9 Å². The van der Waals surface area contributed by atoms with Crippen molar-refractivity contribution >= 4 is 22.6 Å². The molecule has 0 saturated carbocycles. The summed E-state index contributed by atoms with van der Waals surface area (Å²) in [4.78, 5) is 19.7. The lowest BCUT2D eigenvalue weighted by molar-refractivity contribution is 0.102. The number of hydrogen-bond donors (Lipinski definition) is 2. The lowest BCUT2D eigenvalue weighted by Crippen LogP contribution is -2.14. The van der Waals surface area contributed by atoms with E-state index in [0.29, 0.717) is 5.69 Å². The molecule has 1 amide bonds. The average molecular weight is 279 g/mol. The first kappa shape index (κ1) is 13.4. The van der Waals surface area contributed by atoms with Gasteiger partial charge < -0.3 is 10.3 Å². The minimum atomic E-state index is -0.150. The van der Waals surface area contributed by atoms with E-state index in [-0.39, 0.29) is 5.91 Å². The van der Waals surface area contributed by atoms with Crippen LogP contribution in [0.1, 0.15) is 27.2 Å². The Morgan fingerprint density at radius 3 is 2.52 bits per heavy atom. The van der Waals surface area contributed by atoms with Crippen LogP contribution in [0.25, 0.3) is 11.0 Å². The molecule has 0 aliphatic heterocycles. The smallest absolute Gasteiger partial charge is 0.272 e. The molecule has 0 spiro atoms. The van der Waals surface area contributed by atoms with Crippen molar-refractivity contribution in [3.05, 3.63) is 58.9 Å². The number of hydrogen-bond acceptors (Lipinski definition) is 2. The molecule has 0 aliphatic carbocycles. The SMILES string of the molecule is Cc1cc(C)c(NC(=O)c2cc3ncccc3[nH]2)c(C)c1. The van der Waals surface area contributed by atoms with E-state index in [1.165, 1.54) is 5.56 Å². The number of carbonyl (C=O) groups excluding carboxylic acids is 1. The van der Waals surface area contributed by atoms with Crippen molar-refractivity contribution in [3.63, 3.8) is 0 Å². The minimum absolute atomic E-state index is 0.150. The molecule has 3 aromatic rings. The second kappa shape index (κ2) is 5.05. The van der Waals surface area contributed by atoms with Gasteiger partial charge in [0.1, 0.15) is 5.69 Å². The number of nitrogens with zero attached hydrogens (tertiary/aromatic N) is 1. The highest BCUT2D eigenvalue weighted by Gasteiger charge is 2.13. The summed E-state index contributed by atoms with van der Waals surface area (Å²) in [5.74, 6) is -0.150. The summed E-state index contributed by atoms with van der Waals surface area (Å²) in [7, 11) is 0. The normalized spacial score (nSPS) is 10.8. The van der Waals surface area contributed by atoms with Gasteiger partial charge in [-0.2, -0.15) is 0 Å². The number of aryl methyl sites for hydroxylation is 3. The van der Waals surface area contributed by atoms with Gasteiger partial charge in [-0.3, -0.25) is 9.78 Å². The number of H-pyrrole nitrogens is 1. The molecule has 0 unspecified atom stereocenters. The Morgan fingerprint density at radius 2 is 1.86 bits per heavy atom. The molecule has 4 heteroatoms. The predicted molar refractivity (Wildman–Crippen MR) is 84.7 cm³/mol. The van der Waals surface area contributed by atoms with Gasteiger partial charge in [0.15, 0.2) is 0 Å². The van der Waals surface area contributed by atoms with Gasteiger partial charge in [-0.1, -0.05) is 17.7 Å². The number of carbonyl (C=O) groups is 1. The predicted octanol–water partition coefficient (Wildman–Crippen LogP) is 3.74. The molecule has 3 rings (SSSR count). The molecule has 106 valence electrons. The van der Waals surface area contributed by atoms with E-state index >= 15 is 0 Å². The van der Waals surface area contributed by atoms with Crippen molar-refractivity contribution < 1.29 is 4.79 Å². The average Bonchev–Trinajstić information content (AvgIpc) is 2.86. The summed E-state index contributed by atoms with van der Waals surface area (Å²) in [5.41, 5.74) is 6.36. The number of anilines is 1. The standard InChI is InChI=1S/C17H17N3O/c1-10-7-11(2)16(12(3)8-10)20-17(21)15-9-14-13(19-15)5-4-6-18-14/h4-9,19H,1-3H3,(H,20,21). The first-order valence-electron chi connectivity index (χ1n) is 6.87. The summed E-state index contributed by atoms with van der Waals surface area (Å²) in [5, 5.41) is 2.98. The van der Waals surface area contributed by atoms with Crippen LogP contribution in [0.2, 0.25) is 0 Å². The van der Waals surface area contributed by atoms with E-state index in [0.717, 1.165) is 27.8 Å². The van der Waals surface area contributed by atoms with Crippen LogP contribution in [0.15, 0.2) is 36.5 Å². The third-order valence-electron chi connectivity index (χ3n) is 3.55. The largest absolute Gasteiger partial charge is 0.349 e. The van der Waals surface area contributed by atoms with Crippen LogP contribution in [-0.4, -0.2) is 15.9 Å². The van der Waals surface area contributed by atoms with Gasteiger partial charge in [-0.05, 0) is 50.1 Å². The van der Waals surface area contributed by atoms with E-state index in [2.05, 4.69) is 34.3 Å². The number of rotatable bonds is 2. The van der Waals surface area contributed by atoms with Gasteiger partial charge in [0.05, 0.1) is 11.0 Å². The van der Waals surface area contributed by atoms with Crippen LogP contribution in [0.4, 0.5) is 5.69 Å². The first-order valence-corrected chi connectivity index (χ1v) is 6.87. The highest BCUT2D eigenvalue weighted by Crippen LogP contribution is 2.23. The summed E-state index contributed by atoms with van der Waals surface area (Å²) < 4.78 is 0. The zero-order valence-electron chi connectivity index (χ0n) is 12.3. The molecular weight excluding hydrogens is 262 g/mol. The van der Waals surface area contributed by atoms with Gasteiger partial charge in [0.2, 0.25) is 0 Å². The lowest BCUT2D eigenvalue weighted by atomic mass is 10.1. The van der Waals surface area contributed by atoms with Crippen molar-refractivity contribution in [1.82, 2.24) is 9.97 Å². The number of nitrogens with one attached hydrogen (secondary N) is 2. The highest BCUT2D eigenvalue weighted by atomic mass is 16.1. The topological polar surface area (TPSA) is 57.8 Å². The minimum Gasteiger partial charge on any atom is -0.349 e. The van der Waals surface area contributed by atoms with E-state index in [4.69, 9.17) is 0 Å². The second-order valence-corrected chi connectivity index (χ2v) is 5.35. The maximum Gasteiger partial charge on any atom is 0.272 e. The van der Waals surface area contributed by atoms with Crippen molar-refractivity contribution in [2.24, 2.45) is 0 Å². The fraction of sp³-hybridized carbons (Fsp3) is 0.176. The number of fused-ring (bicyclic) bond motifs is 1. The monoisotopic (exact) mass is 279 g/mol. The number of amides is 1. The molecule has 0 saturated heterocycles. The van der Waals surface area contributed by atoms with Crippen LogP contribution in [0, 0.1) is 20.8 Å². The molecule has 1 aromatic carbocycles. The molecule has 21 heavy (non-hydrogen) atoms. The number of aromatic nitrogens is 2. The summed E-state index contributed by atoms with van der Waals surface area (Å²) in [6.45, 7) is 6.06. The van der Waals surface area contributed by atoms with E-state index in [1.54, 1.807) is 12.3 Å². The molecule has 2 N–H and O–H groups in total. The van der Waals surface area contributed by atoms with Crippen LogP contribution in [-0.2, 0) is 0 Å². The quantitative estimate of drug-likeness (QED) is 0.750. The van der Waals surface area contributed by atoms with Crippen LogP contribution < -0.4 is 5.32 Å². The maximum absolute atomic E-state index is 12.4. The molecule has 0 atom stereocenters. The number of pyridine rings is 1. The lowest BCUT2D eigenvalue weighted by Gasteiger charge is -2.12. The zero-order valence-corrected chi connectivity index (χ0v) is 12.3. The third-order valence-corrected chi connectivity index (χ3v) is 3.55. The van der Waals surface area contributed by atoms with Crippen molar-refractivity contribution in [1.29, 1.82) is 0 Å². The Bertz CT molecular complexity index is 777. The fourth-order valence-corrected chi connectivity index (χ4v) is 2.64. The summed E-state index contributed by atoms with van der Waals surface area (Å²) >= 11 is 0. The molecule has 0 fully saturated rings. The number of aromatic amines is 1. The van der Waals surface area contributed by atoms with Gasteiger partial charge >= 0.3 is 0 Å². The van der Waals surface area contributed by atoms with Gasteiger partial charge in [-0.25, -0.2) is 0 Å². The van der Waals surface area contributed by atoms with Crippen LogP contribution in [0.5, 0.6) is 0 Å². The fourth-order valence-electron chi connectivity index (χ4n) is 2.64. The Labute approximate surface area is 123 Å². The van der Waals surface area contributed by atoms with Crippen LogP contribution in [0.3, 0.4) is 0 Å². The molecular formula is C17H17N3O. The Hall–Kier alpha value is -2.62. The molecule has 2 aromatic heterocycles. The molecule has 4 nitrogen and oxygen atoms in total. The summed E-state index contributed by atoms with van der Waals surface area (Å²) in [6.07, 6.45) is 1.71. The van der Waals surface area contributed by atoms with E-state index in [1.807, 2.05) is 26.0 Å². The highest BCUT2D eigenvalue weighted by molar-refractivity contribution is 6.06. The summed E-state index contributed by atoms with van der Waals surface area (Å²) in [6, 6.07) is 9.64. The molecule has 0 aliphatic rings. The maximum atomic E-state index is 12.4. The van der Waals surface area contributed by atoms with E-state index in [9.17, 15) is 4.79 Å². The van der Waals surface area contributed by atoms with Gasteiger partial charge in [-0.15, -0.1) is 0 Å². The molecule has 0 bridgehead atoms. The Kier molecular flexibility index (Phi) is 3.22. The van der Waals surface area contributed by atoms with Crippen molar-refractivity contribution in [2.75, 3.05) is 5.32 Å². The molecule has 0 radical (unpaired) electrons. The zero-order chi connectivity index (χ0) is 15.0. The second-order valence-electron chi connectivity index (χ2n) is 5.35. The van der Waals surface area contributed by atoms with Gasteiger partial charge in [0.25, 0.3) is 5.91 Å². The Morgan fingerprint density at radius 1 is 1.14 bits per heavy atom. The van der Waals surface area contributed by atoms with Crippen molar-refractivity contribution in [3.8, 4) is 0 Å². The van der Waals surface area contributed by atoms with Crippen molar-refractivity contribution in [2.45, 2.75) is 20.8 Å².